The number of rotatable bonds is 8. The summed E-state index contributed by atoms with van der Waals surface area (Å²) in [4.78, 5) is 11.3. The van der Waals surface area contributed by atoms with Crippen molar-refractivity contribution in [1.82, 2.24) is 0 Å². The van der Waals surface area contributed by atoms with E-state index in [2.05, 4.69) is 24.5 Å². The van der Waals surface area contributed by atoms with Crippen molar-refractivity contribution in [3.8, 4) is 0 Å². The molecule has 1 atom stereocenters. The Morgan fingerprint density at radius 2 is 1.56 bits per heavy atom. The number of benzene rings is 3. The van der Waals surface area contributed by atoms with Gasteiger partial charge in [-0.25, -0.2) is 13.6 Å². The van der Waals surface area contributed by atoms with Gasteiger partial charge in [0.2, 0.25) is 0 Å². The molecule has 39 heavy (non-hydrogen) atoms. The van der Waals surface area contributed by atoms with Gasteiger partial charge in [-0.15, -0.1) is 0 Å². The molecule has 3 N–H and O–H groups in total. The van der Waals surface area contributed by atoms with Crippen LogP contribution in [0.3, 0.4) is 0 Å². The number of carbonyl (C=O) groups is 1. The van der Waals surface area contributed by atoms with Crippen LogP contribution in [0.25, 0.3) is 0 Å². The van der Waals surface area contributed by atoms with Gasteiger partial charge in [-0.1, -0.05) is 55.1 Å². The Bertz CT molecular complexity index is 1310. The van der Waals surface area contributed by atoms with Crippen LogP contribution in [0.15, 0.2) is 60.7 Å². The molecule has 206 valence electrons. The van der Waals surface area contributed by atoms with E-state index < -0.39 is 28.9 Å². The molecule has 0 radical (unpaired) electrons. The van der Waals surface area contributed by atoms with Crippen LogP contribution in [0.5, 0.6) is 0 Å². The van der Waals surface area contributed by atoms with E-state index in [-0.39, 0.29) is 24.0 Å². The smallest absolute Gasteiger partial charge is 0.335 e. The Labute approximate surface area is 232 Å². The summed E-state index contributed by atoms with van der Waals surface area (Å²) in [5.41, 5.74) is 1.31. The van der Waals surface area contributed by atoms with Crippen molar-refractivity contribution < 1.29 is 23.4 Å². The van der Waals surface area contributed by atoms with Crippen LogP contribution in [0.1, 0.15) is 67.4 Å². The summed E-state index contributed by atoms with van der Waals surface area (Å²) in [5.74, 6) is -2.71. The Morgan fingerprint density at radius 3 is 2.10 bits per heavy atom. The number of anilines is 2. The Kier molecular flexibility index (Phi) is 7.57. The number of carboxylic acids is 1. The van der Waals surface area contributed by atoms with Crippen LogP contribution in [0.4, 0.5) is 20.2 Å². The Hall–Kier alpha value is -3.16. The van der Waals surface area contributed by atoms with Crippen molar-refractivity contribution in [3.05, 3.63) is 94.0 Å². The summed E-state index contributed by atoms with van der Waals surface area (Å²) in [6.07, 6.45) is 5.37. The summed E-state index contributed by atoms with van der Waals surface area (Å²) < 4.78 is 35.3. The van der Waals surface area contributed by atoms with Gasteiger partial charge in [-0.2, -0.15) is 0 Å². The van der Waals surface area contributed by atoms with E-state index in [0.717, 1.165) is 36.8 Å². The molecule has 1 heterocycles. The average molecular weight is 555 g/mol. The normalized spacial score (nSPS) is 17.7. The number of aromatic carboxylic acids is 1. The molecule has 1 unspecified atom stereocenters. The Morgan fingerprint density at radius 1 is 1.00 bits per heavy atom. The number of nitrogens with one attached hydrogen (secondary N) is 2. The van der Waals surface area contributed by atoms with E-state index in [1.54, 1.807) is 24.3 Å². The highest BCUT2D eigenvalue weighted by molar-refractivity contribution is 6.30. The molecular weight excluding hydrogens is 522 g/mol. The van der Waals surface area contributed by atoms with Crippen LogP contribution in [-0.2, 0) is 17.0 Å². The number of halogens is 3. The first-order valence-electron chi connectivity index (χ1n) is 13.4. The molecule has 1 fully saturated rings. The maximum atomic E-state index is 14.3. The van der Waals surface area contributed by atoms with Crippen molar-refractivity contribution in [3.63, 3.8) is 0 Å². The first-order chi connectivity index (χ1) is 18.6. The van der Waals surface area contributed by atoms with Gasteiger partial charge in [-0.3, -0.25) is 0 Å². The fourth-order valence-electron chi connectivity index (χ4n) is 6.41. The molecule has 5 rings (SSSR count). The molecule has 2 aliphatic rings. The molecule has 8 heteroatoms. The SMILES string of the molecule is CC(C)(OCc1ccc(C(=O)O)cc1)C(C1CCCCC1)C1(c2ccc(Cl)cc2)Nc2cc(F)c(F)cc2N1. The zero-order valence-corrected chi connectivity index (χ0v) is 22.8. The van der Waals surface area contributed by atoms with Crippen LogP contribution in [0.2, 0.25) is 5.02 Å². The minimum absolute atomic E-state index is 0.164. The molecule has 1 saturated carbocycles. The van der Waals surface area contributed by atoms with Gasteiger partial charge in [0.25, 0.3) is 0 Å². The Balaban J connectivity index is 1.56. The van der Waals surface area contributed by atoms with Crippen molar-refractivity contribution in [2.75, 3.05) is 10.6 Å². The zero-order valence-electron chi connectivity index (χ0n) is 22.1. The quantitative estimate of drug-likeness (QED) is 0.262. The van der Waals surface area contributed by atoms with E-state index in [4.69, 9.17) is 16.3 Å². The van der Waals surface area contributed by atoms with E-state index >= 15 is 0 Å². The summed E-state index contributed by atoms with van der Waals surface area (Å²) in [6.45, 7) is 4.40. The van der Waals surface area contributed by atoms with Crippen LogP contribution in [0, 0.1) is 23.5 Å². The molecular formula is C31H33ClF2N2O3. The first kappa shape index (κ1) is 27.4. The molecule has 0 saturated heterocycles. The fraction of sp³-hybridized carbons (Fsp3) is 0.387. The van der Waals surface area contributed by atoms with Gasteiger partial charge in [0.05, 0.1) is 29.1 Å². The molecule has 3 aromatic rings. The molecule has 0 aromatic heterocycles. The number of fused-ring (bicyclic) bond motifs is 1. The number of carboxylic acid groups (broad SMARTS) is 1. The van der Waals surface area contributed by atoms with Crippen LogP contribution in [-0.4, -0.2) is 16.7 Å². The lowest BCUT2D eigenvalue weighted by Crippen LogP contribution is -2.58. The lowest BCUT2D eigenvalue weighted by Gasteiger charge is -2.51. The molecule has 0 bridgehead atoms. The maximum Gasteiger partial charge on any atom is 0.335 e. The number of hydrogen-bond acceptors (Lipinski definition) is 4. The molecule has 3 aromatic carbocycles. The van der Waals surface area contributed by atoms with E-state index in [0.29, 0.717) is 16.4 Å². The van der Waals surface area contributed by atoms with Gasteiger partial charge in [0.1, 0.15) is 5.66 Å². The largest absolute Gasteiger partial charge is 0.478 e. The van der Waals surface area contributed by atoms with Crippen molar-refractivity contribution in [2.24, 2.45) is 11.8 Å². The maximum absolute atomic E-state index is 14.3. The zero-order chi connectivity index (χ0) is 27.8. The minimum Gasteiger partial charge on any atom is -0.478 e. The van der Waals surface area contributed by atoms with Crippen LogP contribution >= 0.6 is 11.6 Å². The third-order valence-electron chi connectivity index (χ3n) is 8.17. The molecule has 5 nitrogen and oxygen atoms in total. The second-order valence-corrected chi connectivity index (χ2v) is 11.6. The van der Waals surface area contributed by atoms with Crippen molar-refractivity contribution in [1.29, 1.82) is 0 Å². The van der Waals surface area contributed by atoms with E-state index in [1.807, 2.05) is 24.3 Å². The van der Waals surface area contributed by atoms with Crippen molar-refractivity contribution >= 4 is 28.9 Å². The van der Waals surface area contributed by atoms with Crippen LogP contribution < -0.4 is 10.6 Å². The van der Waals surface area contributed by atoms with Gasteiger partial charge < -0.3 is 20.5 Å². The standard InChI is InChI=1S/C31H33ClF2N2O3/c1-30(2,39-18-19-8-10-21(11-9-19)29(37)38)28(20-6-4-3-5-7-20)31(22-12-14-23(32)15-13-22)35-26-16-24(33)25(34)17-27(26)36-31/h8-17,20,28,35-36H,3-7,18H2,1-2H3,(H,37,38). The van der Waals surface area contributed by atoms with E-state index in [1.165, 1.54) is 18.6 Å². The fourth-order valence-corrected chi connectivity index (χ4v) is 6.54. The molecule has 1 aliphatic heterocycles. The minimum atomic E-state index is -0.976. The predicted octanol–water partition coefficient (Wildman–Crippen LogP) is 8.20. The third kappa shape index (κ3) is 5.48. The number of hydrogen-bond donors (Lipinski definition) is 3. The first-order valence-corrected chi connectivity index (χ1v) is 13.7. The van der Waals surface area contributed by atoms with E-state index in [9.17, 15) is 18.7 Å². The molecule has 0 spiro atoms. The summed E-state index contributed by atoms with van der Waals surface area (Å²) in [7, 11) is 0. The van der Waals surface area contributed by atoms with Gasteiger partial charge in [0.15, 0.2) is 11.6 Å². The predicted molar refractivity (Wildman–Crippen MR) is 149 cm³/mol. The highest BCUT2D eigenvalue weighted by atomic mass is 35.5. The third-order valence-corrected chi connectivity index (χ3v) is 8.42. The average Bonchev–Trinajstić information content (AvgIpc) is 3.27. The van der Waals surface area contributed by atoms with Gasteiger partial charge >= 0.3 is 5.97 Å². The summed E-state index contributed by atoms with van der Waals surface area (Å²) in [6, 6.07) is 16.6. The summed E-state index contributed by atoms with van der Waals surface area (Å²) >= 11 is 6.26. The number of ether oxygens (including phenoxy) is 1. The highest BCUT2D eigenvalue weighted by Gasteiger charge is 2.55. The lowest BCUT2D eigenvalue weighted by molar-refractivity contribution is -0.110. The van der Waals surface area contributed by atoms with Crippen molar-refractivity contribution in [2.45, 2.75) is 63.8 Å². The topological polar surface area (TPSA) is 70.6 Å². The highest BCUT2D eigenvalue weighted by Crippen LogP contribution is 2.53. The summed E-state index contributed by atoms with van der Waals surface area (Å²) in [5, 5.41) is 17.0. The monoisotopic (exact) mass is 554 g/mol. The second-order valence-electron chi connectivity index (χ2n) is 11.1. The molecule has 1 aliphatic carbocycles. The second kappa shape index (κ2) is 10.8. The lowest BCUT2D eigenvalue weighted by atomic mass is 9.65. The van der Waals surface area contributed by atoms with Gasteiger partial charge in [-0.05, 0) is 68.0 Å². The molecule has 0 amide bonds. The van der Waals surface area contributed by atoms with Gasteiger partial charge in [0, 0.05) is 23.1 Å².